The lowest BCUT2D eigenvalue weighted by atomic mass is 9.57. The third-order valence-electron chi connectivity index (χ3n) is 10.3. The number of carbonyl (C=O) groups excluding carboxylic acids is 2. The summed E-state index contributed by atoms with van der Waals surface area (Å²) in [5, 5.41) is 15.7. The van der Waals surface area contributed by atoms with E-state index in [0.29, 0.717) is 29.9 Å². The lowest BCUT2D eigenvalue weighted by Crippen LogP contribution is -2.68. The molecule has 238 valence electrons. The van der Waals surface area contributed by atoms with Gasteiger partial charge in [0.1, 0.15) is 23.7 Å². The molecule has 1 saturated carbocycles. The number of hydrogen-bond donors (Lipinski definition) is 1. The lowest BCUT2D eigenvalue weighted by Gasteiger charge is -2.55. The van der Waals surface area contributed by atoms with E-state index in [1.807, 2.05) is 68.5 Å². The second-order valence-corrected chi connectivity index (χ2v) is 18.9. The number of Topliss-reactive ketones (excluding diaryl/α,β-unsaturated/α-hetero) is 2. The van der Waals surface area contributed by atoms with Crippen molar-refractivity contribution >= 4 is 25.6 Å². The molecule has 3 aliphatic rings. The molecule has 6 rings (SSSR count). The molecule has 3 aromatic rings. The van der Waals surface area contributed by atoms with Gasteiger partial charge in [-0.05, 0) is 67.8 Å². The molecule has 0 spiro atoms. The van der Waals surface area contributed by atoms with Crippen LogP contribution in [-0.4, -0.2) is 61.9 Å². The highest BCUT2D eigenvalue weighted by atomic mass is 28.4. The maximum atomic E-state index is 15.2. The van der Waals surface area contributed by atoms with Crippen molar-refractivity contribution in [2.45, 2.75) is 70.0 Å². The first-order valence-corrected chi connectivity index (χ1v) is 18.4. The minimum absolute atomic E-state index is 0.0363. The molecule has 1 heterocycles. The van der Waals surface area contributed by atoms with Crippen LogP contribution in [0.2, 0.25) is 18.1 Å². The molecular weight excluding hydrogens is 588 g/mol. The van der Waals surface area contributed by atoms with Crippen LogP contribution in [0.1, 0.15) is 66.0 Å². The zero-order valence-corrected chi connectivity index (χ0v) is 28.3. The Labute approximate surface area is 265 Å². The van der Waals surface area contributed by atoms with Gasteiger partial charge in [-0.25, -0.2) is 0 Å². The highest BCUT2D eigenvalue weighted by Crippen LogP contribution is 2.59. The molecule has 2 aromatic carbocycles. The Balaban J connectivity index is 1.56. The fraction of sp³-hybridized carbons (Fsp3) is 0.457. The van der Waals surface area contributed by atoms with Gasteiger partial charge in [0.2, 0.25) is 11.6 Å². The van der Waals surface area contributed by atoms with Crippen molar-refractivity contribution in [2.24, 2.45) is 11.8 Å². The van der Waals surface area contributed by atoms with Gasteiger partial charge in [0.15, 0.2) is 19.7 Å². The van der Waals surface area contributed by atoms with Crippen LogP contribution in [0.25, 0.3) is 5.76 Å². The SMILES string of the molecule is COc1cccc2c1C[C@H]1C[C@H]3[C@H](N(C)C)c4onc(OCc5ccccc5)c4C(=O)[C@@]3(O[Si](C)(C)C(C)(C)C)C(=O)C1=C2O. The van der Waals surface area contributed by atoms with Crippen LogP contribution >= 0.6 is 0 Å². The summed E-state index contributed by atoms with van der Waals surface area (Å²) in [6.07, 6.45) is 0.895. The molecule has 0 saturated heterocycles. The van der Waals surface area contributed by atoms with E-state index in [9.17, 15) is 5.11 Å². The number of aromatic nitrogens is 1. The molecule has 45 heavy (non-hydrogen) atoms. The van der Waals surface area contributed by atoms with Crippen LogP contribution < -0.4 is 9.47 Å². The smallest absolute Gasteiger partial charge is 0.265 e. The number of ether oxygens (including phenoxy) is 2. The van der Waals surface area contributed by atoms with Crippen molar-refractivity contribution in [3.8, 4) is 11.6 Å². The number of rotatable bonds is 7. The maximum Gasteiger partial charge on any atom is 0.265 e. The van der Waals surface area contributed by atoms with Gasteiger partial charge >= 0.3 is 0 Å². The monoisotopic (exact) mass is 630 g/mol. The van der Waals surface area contributed by atoms with Crippen molar-refractivity contribution in [2.75, 3.05) is 21.2 Å². The number of fused-ring (bicyclic) bond motifs is 4. The Bertz CT molecular complexity index is 1690. The van der Waals surface area contributed by atoms with E-state index in [4.69, 9.17) is 18.4 Å². The molecular formula is C35H42N2O7Si. The number of nitrogens with zero attached hydrogens (tertiary/aromatic N) is 2. The Hall–Kier alpha value is -3.73. The summed E-state index contributed by atoms with van der Waals surface area (Å²) < 4.78 is 24.8. The Morgan fingerprint density at radius 2 is 1.78 bits per heavy atom. The van der Waals surface area contributed by atoms with Crippen molar-refractivity contribution in [1.82, 2.24) is 10.1 Å². The first-order chi connectivity index (χ1) is 21.2. The Morgan fingerprint density at radius 1 is 1.07 bits per heavy atom. The molecule has 0 bridgehead atoms. The highest BCUT2D eigenvalue weighted by molar-refractivity contribution is 6.74. The van der Waals surface area contributed by atoms with Crippen molar-refractivity contribution in [3.05, 3.63) is 82.1 Å². The van der Waals surface area contributed by atoms with E-state index in [1.54, 1.807) is 19.2 Å². The number of ketones is 2. The minimum Gasteiger partial charge on any atom is -0.507 e. The molecule has 0 amide bonds. The molecule has 0 radical (unpaired) electrons. The van der Waals surface area contributed by atoms with Crippen LogP contribution in [0.4, 0.5) is 0 Å². The van der Waals surface area contributed by atoms with Gasteiger partial charge in [-0.1, -0.05) is 63.2 Å². The lowest BCUT2D eigenvalue weighted by molar-refractivity contribution is -0.140. The number of carbonyl (C=O) groups is 2. The van der Waals surface area contributed by atoms with E-state index < -0.39 is 37.4 Å². The van der Waals surface area contributed by atoms with Gasteiger partial charge in [-0.2, -0.15) is 0 Å². The molecule has 1 fully saturated rings. The van der Waals surface area contributed by atoms with Gasteiger partial charge in [-0.3, -0.25) is 14.5 Å². The average molecular weight is 631 g/mol. The quantitative estimate of drug-likeness (QED) is 0.229. The van der Waals surface area contributed by atoms with E-state index in [2.05, 4.69) is 25.9 Å². The standard InChI is InChI=1S/C35H42N2O7Si/c1-34(2,3)45(7,8)44-35-24(18-21-17-23-22(15-12-16-25(23)41-6)29(38)26(21)31(35)39)28(37(4)5)30-27(32(35)40)33(36-43-30)42-19-20-13-10-9-11-14-20/h9-16,21,24,28,38H,17-19H2,1-8H3/t21-,24-,28-,35-/m0/s1. The number of benzene rings is 2. The maximum absolute atomic E-state index is 15.2. The second-order valence-electron chi connectivity index (χ2n) is 14.2. The van der Waals surface area contributed by atoms with Crippen molar-refractivity contribution in [1.29, 1.82) is 0 Å². The topological polar surface area (TPSA) is 111 Å². The van der Waals surface area contributed by atoms with Crippen LogP contribution in [0.15, 0.2) is 58.6 Å². The number of aliphatic hydroxyl groups excluding tert-OH is 1. The molecule has 1 N–H and O–H groups in total. The third kappa shape index (κ3) is 4.76. The summed E-state index contributed by atoms with van der Waals surface area (Å²) >= 11 is 0. The van der Waals surface area contributed by atoms with Gasteiger partial charge < -0.3 is 23.5 Å². The summed E-state index contributed by atoms with van der Waals surface area (Å²) in [6, 6.07) is 14.5. The van der Waals surface area contributed by atoms with Gasteiger partial charge in [0.25, 0.3) is 5.88 Å². The van der Waals surface area contributed by atoms with Crippen LogP contribution in [0.3, 0.4) is 0 Å². The fourth-order valence-corrected chi connectivity index (χ4v) is 8.49. The predicted octanol–water partition coefficient (Wildman–Crippen LogP) is 6.55. The normalized spacial score (nSPS) is 24.6. The van der Waals surface area contributed by atoms with Crippen molar-refractivity contribution < 1.29 is 33.1 Å². The Morgan fingerprint density at radius 3 is 2.42 bits per heavy atom. The first-order valence-electron chi connectivity index (χ1n) is 15.4. The summed E-state index contributed by atoms with van der Waals surface area (Å²) in [5.74, 6) is -1.03. The number of hydrogen-bond acceptors (Lipinski definition) is 9. The first kappa shape index (κ1) is 31.3. The fourth-order valence-electron chi connectivity index (χ4n) is 7.04. The summed E-state index contributed by atoms with van der Waals surface area (Å²) in [5.41, 5.74) is 0.747. The largest absolute Gasteiger partial charge is 0.507 e. The molecule has 0 unspecified atom stereocenters. The number of methoxy groups -OCH3 is 1. The van der Waals surface area contributed by atoms with Crippen LogP contribution in [0, 0.1) is 11.8 Å². The molecule has 3 aliphatic carbocycles. The summed E-state index contributed by atoms with van der Waals surface area (Å²) in [6.45, 7) is 10.5. The molecule has 4 atom stereocenters. The molecule has 0 aliphatic heterocycles. The van der Waals surface area contributed by atoms with Crippen LogP contribution in [0.5, 0.6) is 11.6 Å². The minimum atomic E-state index is -2.79. The Kier molecular flexibility index (Phi) is 7.61. The van der Waals surface area contributed by atoms with E-state index in [-0.39, 0.29) is 40.3 Å². The van der Waals surface area contributed by atoms with E-state index in [0.717, 1.165) is 11.1 Å². The number of aliphatic hydroxyl groups is 1. The second kappa shape index (κ2) is 11.0. The average Bonchev–Trinajstić information content (AvgIpc) is 3.40. The molecule has 10 heteroatoms. The highest BCUT2D eigenvalue weighted by Gasteiger charge is 2.68. The zero-order chi connectivity index (χ0) is 32.5. The van der Waals surface area contributed by atoms with Gasteiger partial charge in [0, 0.05) is 22.6 Å². The summed E-state index contributed by atoms with van der Waals surface area (Å²) in [4.78, 5) is 32.3. The predicted molar refractivity (Wildman–Crippen MR) is 172 cm³/mol. The molecule has 1 aromatic heterocycles. The van der Waals surface area contributed by atoms with Crippen LogP contribution in [-0.2, 0) is 22.2 Å². The van der Waals surface area contributed by atoms with E-state index >= 15 is 9.59 Å². The molecule has 9 nitrogen and oxygen atoms in total. The summed E-state index contributed by atoms with van der Waals surface area (Å²) in [7, 11) is 2.62. The zero-order valence-electron chi connectivity index (χ0n) is 27.3. The third-order valence-corrected chi connectivity index (χ3v) is 14.7. The van der Waals surface area contributed by atoms with E-state index in [1.165, 1.54) is 0 Å². The van der Waals surface area contributed by atoms with Gasteiger partial charge in [-0.15, -0.1) is 0 Å². The van der Waals surface area contributed by atoms with Crippen molar-refractivity contribution in [3.63, 3.8) is 0 Å². The van der Waals surface area contributed by atoms with Gasteiger partial charge in [0.05, 0.1) is 13.2 Å².